The van der Waals surface area contributed by atoms with Gasteiger partial charge in [0.25, 0.3) is 0 Å². The van der Waals surface area contributed by atoms with Gasteiger partial charge in [0.05, 0.1) is 0 Å². The second-order valence-corrected chi connectivity index (χ2v) is 17.3. The summed E-state index contributed by atoms with van der Waals surface area (Å²) in [7, 11) is 0. The Morgan fingerprint density at radius 3 is 1.12 bits per heavy atom. The van der Waals surface area contributed by atoms with Gasteiger partial charge >= 0.3 is 0 Å². The molecule has 60 heavy (non-hydrogen) atoms. The number of benzene rings is 5. The van der Waals surface area contributed by atoms with Gasteiger partial charge in [-0.2, -0.15) is 0 Å². The fourth-order valence-electron chi connectivity index (χ4n) is 8.26. The molecule has 0 N–H and O–H groups in total. The predicted octanol–water partition coefficient (Wildman–Crippen LogP) is 13.3. The van der Waals surface area contributed by atoms with Gasteiger partial charge in [0.1, 0.15) is 5.82 Å². The van der Waals surface area contributed by atoms with Gasteiger partial charge in [-0.25, -0.2) is 9.97 Å². The molecule has 0 atom stereocenters. The van der Waals surface area contributed by atoms with Gasteiger partial charge in [0.2, 0.25) is 0 Å². The fraction of sp³-hybridized carbons (Fsp3) is 0.316. The van der Waals surface area contributed by atoms with Crippen molar-refractivity contribution < 1.29 is 0 Å². The summed E-state index contributed by atoms with van der Waals surface area (Å²) in [5, 5.41) is 0. The van der Waals surface area contributed by atoms with Gasteiger partial charge < -0.3 is 0 Å². The van der Waals surface area contributed by atoms with Crippen LogP contribution in [0.3, 0.4) is 0 Å². The van der Waals surface area contributed by atoms with E-state index in [0.29, 0.717) is 0 Å². The topological polar surface area (TPSA) is 38.7 Å². The van der Waals surface area contributed by atoms with Crippen LogP contribution < -0.4 is 0 Å². The SMILES string of the molecule is CCc1ccc(Cc2ccc(Cc3ccc(Cc4ccc(C)cn4)cc3)cc2)cc1.CCc1ccc(Cc2ccc(Cc3ncc(CC4CCC(C)CC4)cn3)cc2)cc1. The van der Waals surface area contributed by atoms with Crippen LogP contribution in [0, 0.1) is 18.8 Å². The molecule has 1 saturated carbocycles. The van der Waals surface area contributed by atoms with Crippen LogP contribution in [-0.4, -0.2) is 15.0 Å². The smallest absolute Gasteiger partial charge is 0.132 e. The van der Waals surface area contributed by atoms with Crippen LogP contribution >= 0.6 is 0 Å². The molecule has 2 heterocycles. The average Bonchev–Trinajstić information content (AvgIpc) is 3.29. The summed E-state index contributed by atoms with van der Waals surface area (Å²) >= 11 is 0. The maximum absolute atomic E-state index is 4.65. The highest BCUT2D eigenvalue weighted by Crippen LogP contribution is 2.30. The largest absolute Gasteiger partial charge is 0.261 e. The molecule has 1 aliphatic carbocycles. The van der Waals surface area contributed by atoms with Crippen molar-refractivity contribution in [2.45, 2.75) is 105 Å². The lowest BCUT2D eigenvalue weighted by Crippen LogP contribution is -2.14. The third-order valence-electron chi connectivity index (χ3n) is 12.3. The monoisotopic (exact) mass is 790 g/mol. The fourth-order valence-corrected chi connectivity index (χ4v) is 8.26. The van der Waals surface area contributed by atoms with E-state index in [2.05, 4.69) is 189 Å². The normalized spacial score (nSPS) is 14.9. The molecule has 8 rings (SSSR count). The van der Waals surface area contributed by atoms with Gasteiger partial charge in [0.15, 0.2) is 0 Å². The number of nitrogens with zero attached hydrogens (tertiary/aromatic N) is 3. The zero-order chi connectivity index (χ0) is 41.5. The molecule has 3 nitrogen and oxygen atoms in total. The Morgan fingerprint density at radius 2 is 0.750 bits per heavy atom. The Morgan fingerprint density at radius 1 is 0.383 bits per heavy atom. The summed E-state index contributed by atoms with van der Waals surface area (Å²) in [5.41, 5.74) is 17.1. The van der Waals surface area contributed by atoms with Crippen LogP contribution in [0.25, 0.3) is 0 Å². The Kier molecular flexibility index (Phi) is 15.2. The summed E-state index contributed by atoms with van der Waals surface area (Å²) < 4.78 is 0. The van der Waals surface area contributed by atoms with Crippen LogP contribution in [0.4, 0.5) is 0 Å². The van der Waals surface area contributed by atoms with E-state index in [-0.39, 0.29) is 0 Å². The van der Waals surface area contributed by atoms with E-state index in [1.54, 1.807) is 0 Å². The molecule has 1 fully saturated rings. The zero-order valence-electron chi connectivity index (χ0n) is 36.4. The summed E-state index contributed by atoms with van der Waals surface area (Å²) in [5.74, 6) is 2.65. The lowest BCUT2D eigenvalue weighted by molar-refractivity contribution is 0.288. The molecule has 0 aliphatic heterocycles. The van der Waals surface area contributed by atoms with Crippen LogP contribution in [0.5, 0.6) is 0 Å². The number of hydrogen-bond acceptors (Lipinski definition) is 3. The van der Waals surface area contributed by atoms with Crippen LogP contribution in [0.2, 0.25) is 0 Å². The highest BCUT2D eigenvalue weighted by molar-refractivity contribution is 5.35. The molecular weight excluding hydrogens is 727 g/mol. The second-order valence-electron chi connectivity index (χ2n) is 17.3. The van der Waals surface area contributed by atoms with E-state index in [1.807, 2.05) is 6.20 Å². The van der Waals surface area contributed by atoms with Gasteiger partial charge in [0, 0.05) is 37.1 Å². The Bertz CT molecular complexity index is 2300. The van der Waals surface area contributed by atoms with Crippen molar-refractivity contribution in [2.75, 3.05) is 0 Å². The second kappa shape index (κ2) is 21.5. The minimum Gasteiger partial charge on any atom is -0.261 e. The molecule has 3 heteroatoms. The van der Waals surface area contributed by atoms with Gasteiger partial charge in [-0.05, 0) is 143 Å². The van der Waals surface area contributed by atoms with E-state index >= 15 is 0 Å². The molecule has 0 radical (unpaired) electrons. The van der Waals surface area contributed by atoms with Crippen molar-refractivity contribution in [3.8, 4) is 0 Å². The molecule has 7 aromatic rings. The Labute approximate surface area is 360 Å². The maximum Gasteiger partial charge on any atom is 0.132 e. The van der Waals surface area contributed by atoms with E-state index in [1.165, 1.54) is 92.4 Å². The minimum atomic E-state index is 0.798. The first-order chi connectivity index (χ1) is 29.3. The quantitative estimate of drug-likeness (QED) is 0.110. The molecular formula is C57H63N3. The summed E-state index contributed by atoms with van der Waals surface area (Å²) in [4.78, 5) is 13.8. The molecule has 1 aliphatic rings. The zero-order valence-corrected chi connectivity index (χ0v) is 36.4. The summed E-state index contributed by atoms with van der Waals surface area (Å²) in [6.45, 7) is 8.84. The van der Waals surface area contributed by atoms with Crippen LogP contribution in [0.15, 0.2) is 152 Å². The lowest BCUT2D eigenvalue weighted by Gasteiger charge is -2.25. The Balaban J connectivity index is 0.000000181. The van der Waals surface area contributed by atoms with Crippen molar-refractivity contribution >= 4 is 0 Å². The van der Waals surface area contributed by atoms with E-state index in [0.717, 1.165) is 74.7 Å². The molecule has 306 valence electrons. The third-order valence-corrected chi connectivity index (χ3v) is 12.3. The first-order valence-electron chi connectivity index (χ1n) is 22.5. The minimum absolute atomic E-state index is 0.798. The van der Waals surface area contributed by atoms with Crippen molar-refractivity contribution in [3.63, 3.8) is 0 Å². The number of aryl methyl sites for hydroxylation is 3. The molecule has 5 aromatic carbocycles. The van der Waals surface area contributed by atoms with Crippen molar-refractivity contribution in [3.05, 3.63) is 230 Å². The van der Waals surface area contributed by atoms with Crippen LogP contribution in [0.1, 0.15) is 125 Å². The van der Waals surface area contributed by atoms with Crippen molar-refractivity contribution in [1.29, 1.82) is 0 Å². The first-order valence-corrected chi connectivity index (χ1v) is 22.5. The highest BCUT2D eigenvalue weighted by atomic mass is 14.9. The molecule has 2 aromatic heterocycles. The van der Waals surface area contributed by atoms with Crippen molar-refractivity contribution in [1.82, 2.24) is 15.0 Å². The van der Waals surface area contributed by atoms with Gasteiger partial charge in [-0.1, -0.05) is 161 Å². The van der Waals surface area contributed by atoms with E-state index in [9.17, 15) is 0 Å². The molecule has 0 spiro atoms. The molecule has 0 bridgehead atoms. The highest BCUT2D eigenvalue weighted by Gasteiger charge is 2.18. The van der Waals surface area contributed by atoms with Gasteiger partial charge in [-0.15, -0.1) is 0 Å². The Hall–Kier alpha value is -5.67. The number of rotatable bonds is 14. The lowest BCUT2D eigenvalue weighted by atomic mass is 9.80. The number of hydrogen-bond donors (Lipinski definition) is 0. The maximum atomic E-state index is 4.65. The predicted molar refractivity (Wildman–Crippen MR) is 251 cm³/mol. The average molecular weight is 790 g/mol. The molecule has 0 saturated heterocycles. The standard InChI is InChI=1S/C29H29N.C28H34N2/c1-3-23-5-7-24(8-6-23)18-25-9-11-26(12-10-25)19-27-13-15-28(16-14-27)20-29-17-4-22(2)21-30-29;1-3-22-8-10-24(11-9-22)16-25-12-14-26(15-13-25)18-28-29-19-27(20-30-28)17-23-6-4-21(2)5-7-23/h4-17,21H,3,18-20H2,1-2H3;8-15,19-21,23H,3-7,16-18H2,1-2H3. The van der Waals surface area contributed by atoms with Crippen LogP contribution in [-0.2, 0) is 51.4 Å². The summed E-state index contributed by atoms with van der Waals surface area (Å²) in [6.07, 6.45) is 19.5. The molecule has 0 amide bonds. The number of pyridine rings is 1. The number of aromatic nitrogens is 3. The van der Waals surface area contributed by atoms with E-state index < -0.39 is 0 Å². The van der Waals surface area contributed by atoms with Crippen molar-refractivity contribution in [2.24, 2.45) is 11.8 Å². The van der Waals surface area contributed by atoms with Gasteiger partial charge in [-0.3, -0.25) is 4.98 Å². The summed E-state index contributed by atoms with van der Waals surface area (Å²) in [6, 6.07) is 49.1. The first kappa shape index (κ1) is 42.5. The van der Waals surface area contributed by atoms with E-state index in [4.69, 9.17) is 0 Å². The third kappa shape index (κ3) is 13.2. The molecule has 0 unspecified atom stereocenters.